The van der Waals surface area contributed by atoms with Crippen molar-refractivity contribution in [2.24, 2.45) is 0 Å². The van der Waals surface area contributed by atoms with Gasteiger partial charge in [-0.1, -0.05) is 85.0 Å². The third kappa shape index (κ3) is 5.16. The van der Waals surface area contributed by atoms with E-state index in [9.17, 15) is 0 Å². The van der Waals surface area contributed by atoms with Crippen molar-refractivity contribution in [2.45, 2.75) is 65.0 Å². The summed E-state index contributed by atoms with van der Waals surface area (Å²) in [5, 5.41) is 5.24. The molecule has 0 fully saturated rings. The molecule has 2 aliphatic carbocycles. The maximum absolute atomic E-state index is 6.52. The van der Waals surface area contributed by atoms with Gasteiger partial charge >= 0.3 is 0 Å². The number of rotatable bonds is 5. The molecule has 0 nitrogen and oxygen atoms in total. The minimum atomic E-state index is -1.31. The minimum absolute atomic E-state index is 0. The summed E-state index contributed by atoms with van der Waals surface area (Å²) in [5.41, 5.74) is 2.83. The molecule has 0 bridgehead atoms. The Hall–Kier alpha value is 0.844. The van der Waals surface area contributed by atoms with Gasteiger partial charge in [0, 0.05) is 48.7 Å². The molecule has 0 aromatic rings. The average molecular weight is 550 g/mol. The van der Waals surface area contributed by atoms with Gasteiger partial charge in [-0.25, -0.2) is 0 Å². The molecule has 0 amide bonds. The zero-order valence-corrected chi connectivity index (χ0v) is 22.3. The van der Waals surface area contributed by atoms with Crippen LogP contribution < -0.4 is 0 Å². The summed E-state index contributed by atoms with van der Waals surface area (Å²) in [5.74, 6) is 0. The fourth-order valence-electron chi connectivity index (χ4n) is 3.48. The third-order valence-electron chi connectivity index (χ3n) is 4.52. The Bertz CT molecular complexity index is 545. The monoisotopic (exact) mass is 550 g/mol. The Labute approximate surface area is 172 Å². The first-order chi connectivity index (χ1) is 10.0. The summed E-state index contributed by atoms with van der Waals surface area (Å²) < 4.78 is 0. The Balaban J connectivity index is 0.00000264. The van der Waals surface area contributed by atoms with Gasteiger partial charge in [0.25, 0.3) is 0 Å². The molecule has 2 rings (SSSR count). The summed E-state index contributed by atoms with van der Waals surface area (Å²) >= 11 is 13.0. The van der Waals surface area contributed by atoms with Crippen molar-refractivity contribution in [1.82, 2.24) is 0 Å². The predicted molar refractivity (Wildman–Crippen MR) is 107 cm³/mol. The fourth-order valence-corrected chi connectivity index (χ4v) is 7.97. The van der Waals surface area contributed by atoms with Crippen LogP contribution in [0.5, 0.6) is 0 Å². The zero-order valence-electron chi connectivity index (χ0n) is 15.2. The van der Waals surface area contributed by atoms with E-state index in [-0.39, 0.29) is 25.8 Å². The molecule has 0 aliphatic heterocycles. The van der Waals surface area contributed by atoms with Crippen LogP contribution in [0.4, 0.5) is 0 Å². The van der Waals surface area contributed by atoms with E-state index < -0.39 is 16.1 Å². The van der Waals surface area contributed by atoms with Gasteiger partial charge in [0.1, 0.15) is 0 Å². The van der Waals surface area contributed by atoms with Crippen LogP contribution in [0.25, 0.3) is 0 Å². The van der Waals surface area contributed by atoms with Crippen LogP contribution >= 0.6 is 23.2 Å². The van der Waals surface area contributed by atoms with Crippen LogP contribution in [0.15, 0.2) is 43.8 Å². The normalized spacial score (nSPS) is 19.1. The molecule has 0 aromatic heterocycles. The molecular formula is C18H28Cl2HfSi2. The standard InChI is InChI=1S/C18H28Cl2Si2.Hf/c1-21(2,3)17-11-9-15(19)13(17)7-8-14-16(20)10-12-18(14)22(4,5)6;/h11-12H,7-10H2,1-6H3;. The first-order valence-electron chi connectivity index (χ1n) is 8.19. The molecule has 23 heavy (non-hydrogen) atoms. The van der Waals surface area contributed by atoms with Crippen LogP contribution in [0, 0.1) is 0 Å². The minimum Gasteiger partial charge on any atom is -0.0885 e. The molecule has 0 unspecified atom stereocenters. The summed E-state index contributed by atoms with van der Waals surface area (Å²) in [6, 6.07) is 0. The van der Waals surface area contributed by atoms with Crippen molar-refractivity contribution in [1.29, 1.82) is 0 Å². The molecule has 5 heteroatoms. The summed E-state index contributed by atoms with van der Waals surface area (Å²) in [6.45, 7) is 14.4. The van der Waals surface area contributed by atoms with Gasteiger partial charge in [-0.05, 0) is 24.0 Å². The molecule has 2 aliphatic rings. The van der Waals surface area contributed by atoms with E-state index in [2.05, 4.69) is 51.4 Å². The van der Waals surface area contributed by atoms with E-state index in [0.717, 1.165) is 35.7 Å². The van der Waals surface area contributed by atoms with Crippen LogP contribution in [0.3, 0.4) is 0 Å². The van der Waals surface area contributed by atoms with Crippen molar-refractivity contribution < 1.29 is 25.8 Å². The number of halogens is 2. The second-order valence-corrected chi connectivity index (χ2v) is 19.4. The largest absolute Gasteiger partial charge is 0.0885 e. The quantitative estimate of drug-likeness (QED) is 0.319. The molecule has 0 radical (unpaired) electrons. The van der Waals surface area contributed by atoms with E-state index in [1.807, 2.05) is 0 Å². The van der Waals surface area contributed by atoms with Gasteiger partial charge in [-0.3, -0.25) is 0 Å². The number of allylic oxidation sites excluding steroid dienone is 8. The summed E-state index contributed by atoms with van der Waals surface area (Å²) in [6.07, 6.45) is 8.68. The van der Waals surface area contributed by atoms with Crippen LogP contribution in [-0.4, -0.2) is 16.1 Å². The fraction of sp³-hybridized carbons (Fsp3) is 0.556. The van der Waals surface area contributed by atoms with Crippen molar-refractivity contribution in [3.05, 3.63) is 43.8 Å². The number of hydrogen-bond donors (Lipinski definition) is 0. The first-order valence-corrected chi connectivity index (χ1v) is 15.9. The zero-order chi connectivity index (χ0) is 16.7. The van der Waals surface area contributed by atoms with Crippen molar-refractivity contribution in [2.75, 3.05) is 0 Å². The maximum Gasteiger partial charge on any atom is 0.0776 e. The van der Waals surface area contributed by atoms with Gasteiger partial charge in [-0.15, -0.1) is 0 Å². The maximum atomic E-state index is 6.52. The summed E-state index contributed by atoms with van der Waals surface area (Å²) in [4.78, 5) is 0. The molecule has 0 N–H and O–H groups in total. The molecule has 0 saturated heterocycles. The Morgan fingerprint density at radius 3 is 1.30 bits per heavy atom. The first kappa shape index (κ1) is 21.9. The smallest absolute Gasteiger partial charge is 0.0776 e. The van der Waals surface area contributed by atoms with Gasteiger partial charge in [-0.2, -0.15) is 0 Å². The van der Waals surface area contributed by atoms with Crippen LogP contribution in [0.2, 0.25) is 39.3 Å². The second-order valence-electron chi connectivity index (χ2n) is 8.41. The number of hydrogen-bond acceptors (Lipinski definition) is 0. The van der Waals surface area contributed by atoms with E-state index in [1.54, 1.807) is 10.4 Å². The SMILES string of the molecule is C[Si](C)(C)C1=CCC(Cl)=C1CCC1=C(Cl)CC=C1[Si](C)(C)C.[Hf]. The Kier molecular flexibility index (Phi) is 7.64. The van der Waals surface area contributed by atoms with Gasteiger partial charge < -0.3 is 0 Å². The third-order valence-corrected chi connectivity index (χ3v) is 9.53. The van der Waals surface area contributed by atoms with Crippen LogP contribution in [-0.2, 0) is 25.8 Å². The molecule has 0 heterocycles. The second kappa shape index (κ2) is 8.03. The van der Waals surface area contributed by atoms with Crippen LogP contribution in [0.1, 0.15) is 25.7 Å². The molecule has 0 atom stereocenters. The summed E-state index contributed by atoms with van der Waals surface area (Å²) in [7, 11) is -2.63. The van der Waals surface area contributed by atoms with Crippen molar-refractivity contribution in [3.63, 3.8) is 0 Å². The molecule has 0 aromatic carbocycles. The van der Waals surface area contributed by atoms with E-state index >= 15 is 0 Å². The molecular weight excluding hydrogens is 522 g/mol. The molecule has 0 spiro atoms. The topological polar surface area (TPSA) is 0 Å². The van der Waals surface area contributed by atoms with Gasteiger partial charge in [0.05, 0.1) is 16.1 Å². The molecule has 126 valence electrons. The van der Waals surface area contributed by atoms with Crippen molar-refractivity contribution >= 4 is 39.3 Å². The Morgan fingerprint density at radius 1 is 0.739 bits per heavy atom. The predicted octanol–water partition coefficient (Wildman–Crippen LogP) is 7.16. The van der Waals surface area contributed by atoms with Crippen molar-refractivity contribution in [3.8, 4) is 0 Å². The van der Waals surface area contributed by atoms with E-state index in [1.165, 1.54) is 11.1 Å². The molecule has 0 saturated carbocycles. The Morgan fingerprint density at radius 2 is 1.04 bits per heavy atom. The van der Waals surface area contributed by atoms with Gasteiger partial charge in [0.15, 0.2) is 0 Å². The van der Waals surface area contributed by atoms with E-state index in [0.29, 0.717) is 0 Å². The van der Waals surface area contributed by atoms with Gasteiger partial charge in [0.2, 0.25) is 0 Å². The average Bonchev–Trinajstić information content (AvgIpc) is 2.89. The van der Waals surface area contributed by atoms with E-state index in [4.69, 9.17) is 23.2 Å².